The standard InChI is InChI=1S/C34H34F3N9O2/c1-3-45-10-12-46(13-11-45)20-23-6-7-25(15-27(23)34(35,36)37)42-31(47)24-14-21(17-39-18-24)4-5-22-19-41-33(38)43-30(22)29-16-26-28(44(29)2)8-9-40-32(26)48/h6-7,14-19H,3,8-13,20H2,1-2H3,(H,40,48)(H,42,47)(H2,38,41,43). The summed E-state index contributed by atoms with van der Waals surface area (Å²) in [4.78, 5) is 42.4. The zero-order valence-electron chi connectivity index (χ0n) is 26.5. The Morgan fingerprint density at radius 3 is 2.56 bits per heavy atom. The number of benzene rings is 1. The van der Waals surface area contributed by atoms with Crippen LogP contribution in [0.25, 0.3) is 11.4 Å². The van der Waals surface area contributed by atoms with Crippen molar-refractivity contribution in [3.8, 4) is 23.2 Å². The first kappa shape index (κ1) is 32.7. The summed E-state index contributed by atoms with van der Waals surface area (Å²) in [5.41, 5.74) is 8.74. The van der Waals surface area contributed by atoms with Gasteiger partial charge < -0.3 is 25.8 Å². The van der Waals surface area contributed by atoms with Gasteiger partial charge in [0.15, 0.2) is 0 Å². The van der Waals surface area contributed by atoms with E-state index < -0.39 is 17.6 Å². The van der Waals surface area contributed by atoms with Gasteiger partial charge in [-0.05, 0) is 36.4 Å². The Labute approximate surface area is 275 Å². The lowest BCUT2D eigenvalue weighted by atomic mass is 10.0. The van der Waals surface area contributed by atoms with E-state index in [-0.39, 0.29) is 35.2 Å². The highest BCUT2D eigenvalue weighted by Gasteiger charge is 2.34. The number of likely N-dealkylation sites (N-methyl/N-ethyl adjacent to an activating group) is 1. The first-order valence-electron chi connectivity index (χ1n) is 15.5. The van der Waals surface area contributed by atoms with Crippen LogP contribution in [0.2, 0.25) is 0 Å². The second-order valence-electron chi connectivity index (χ2n) is 11.7. The molecule has 1 saturated heterocycles. The van der Waals surface area contributed by atoms with E-state index in [1.54, 1.807) is 6.07 Å². The van der Waals surface area contributed by atoms with Crippen LogP contribution < -0.4 is 16.4 Å². The predicted molar refractivity (Wildman–Crippen MR) is 174 cm³/mol. The maximum Gasteiger partial charge on any atom is 0.416 e. The molecule has 2 amide bonds. The highest BCUT2D eigenvalue weighted by Crippen LogP contribution is 2.35. The number of aromatic nitrogens is 4. The Morgan fingerprint density at radius 2 is 1.83 bits per heavy atom. The van der Waals surface area contributed by atoms with E-state index in [9.17, 15) is 22.8 Å². The van der Waals surface area contributed by atoms with Crippen LogP contribution in [0.5, 0.6) is 0 Å². The van der Waals surface area contributed by atoms with Crippen molar-refractivity contribution in [3.05, 3.63) is 88.0 Å². The topological polar surface area (TPSA) is 134 Å². The molecule has 48 heavy (non-hydrogen) atoms. The van der Waals surface area contributed by atoms with Crippen molar-refractivity contribution in [1.29, 1.82) is 0 Å². The number of carbonyl (C=O) groups is 2. The number of hydrogen-bond acceptors (Lipinski definition) is 8. The Kier molecular flexibility index (Phi) is 9.16. The van der Waals surface area contributed by atoms with Gasteiger partial charge in [0.25, 0.3) is 11.8 Å². The summed E-state index contributed by atoms with van der Waals surface area (Å²) in [6.07, 6.45) is 0.330. The van der Waals surface area contributed by atoms with Gasteiger partial charge in [-0.15, -0.1) is 0 Å². The first-order valence-corrected chi connectivity index (χ1v) is 15.5. The molecule has 0 spiro atoms. The number of pyridine rings is 1. The lowest BCUT2D eigenvalue weighted by molar-refractivity contribution is -0.138. The molecule has 4 N–H and O–H groups in total. The number of nitrogens with zero attached hydrogens (tertiary/aromatic N) is 6. The zero-order valence-corrected chi connectivity index (χ0v) is 26.5. The highest BCUT2D eigenvalue weighted by molar-refractivity contribution is 6.04. The van der Waals surface area contributed by atoms with Crippen LogP contribution in [-0.4, -0.2) is 80.4 Å². The smallest absolute Gasteiger partial charge is 0.368 e. The summed E-state index contributed by atoms with van der Waals surface area (Å²) in [5.74, 6) is 5.21. The molecule has 11 nitrogen and oxygen atoms in total. The van der Waals surface area contributed by atoms with Crippen LogP contribution >= 0.6 is 0 Å². The molecule has 0 aliphatic carbocycles. The van der Waals surface area contributed by atoms with E-state index in [2.05, 4.69) is 49.3 Å². The van der Waals surface area contributed by atoms with Crippen molar-refractivity contribution in [3.63, 3.8) is 0 Å². The SMILES string of the molecule is CCN1CCN(Cc2ccc(NC(=O)c3cncc(C#Cc4cnc(N)nc4-c4cc5c(n4C)CCNC5=O)c3)cc2C(F)(F)F)CC1. The van der Waals surface area contributed by atoms with Crippen LogP contribution in [0.4, 0.5) is 24.8 Å². The van der Waals surface area contributed by atoms with E-state index >= 15 is 0 Å². The maximum absolute atomic E-state index is 14.1. The van der Waals surface area contributed by atoms with Gasteiger partial charge in [-0.25, -0.2) is 9.97 Å². The first-order chi connectivity index (χ1) is 23.0. The third kappa shape index (κ3) is 7.02. The third-order valence-corrected chi connectivity index (χ3v) is 8.62. The summed E-state index contributed by atoms with van der Waals surface area (Å²) in [7, 11) is 1.84. The lowest BCUT2D eigenvalue weighted by Gasteiger charge is -2.34. The summed E-state index contributed by atoms with van der Waals surface area (Å²) < 4.78 is 44.2. The van der Waals surface area contributed by atoms with Crippen LogP contribution in [0.15, 0.2) is 48.9 Å². The van der Waals surface area contributed by atoms with E-state index in [1.807, 2.05) is 16.5 Å². The lowest BCUT2D eigenvalue weighted by Crippen LogP contribution is -2.45. The molecular weight excluding hydrogens is 623 g/mol. The zero-order chi connectivity index (χ0) is 34.0. The molecule has 0 bridgehead atoms. The number of halogens is 3. The average molecular weight is 658 g/mol. The second kappa shape index (κ2) is 13.5. The number of rotatable bonds is 6. The van der Waals surface area contributed by atoms with Gasteiger partial charge in [-0.2, -0.15) is 13.2 Å². The molecule has 1 aromatic carbocycles. The molecule has 4 aromatic rings. The number of alkyl halides is 3. The van der Waals surface area contributed by atoms with Gasteiger partial charge in [0.2, 0.25) is 5.95 Å². The minimum Gasteiger partial charge on any atom is -0.368 e. The molecule has 3 aromatic heterocycles. The summed E-state index contributed by atoms with van der Waals surface area (Å²) in [6, 6.07) is 7.11. The van der Waals surface area contributed by atoms with Crippen LogP contribution in [-0.2, 0) is 26.2 Å². The second-order valence-corrected chi connectivity index (χ2v) is 11.7. The van der Waals surface area contributed by atoms with Gasteiger partial charge in [0, 0.05) is 88.3 Å². The average Bonchev–Trinajstić information content (AvgIpc) is 3.42. The largest absolute Gasteiger partial charge is 0.416 e. The van der Waals surface area contributed by atoms with E-state index in [0.717, 1.165) is 31.4 Å². The summed E-state index contributed by atoms with van der Waals surface area (Å²) in [6.45, 7) is 6.69. The molecule has 6 rings (SSSR count). The minimum atomic E-state index is -4.59. The normalized spacial score (nSPS) is 15.3. The monoisotopic (exact) mass is 657 g/mol. The number of nitrogen functional groups attached to an aromatic ring is 1. The van der Waals surface area contributed by atoms with Crippen molar-refractivity contribution in [1.82, 2.24) is 34.6 Å². The quantitative estimate of drug-likeness (QED) is 0.268. The van der Waals surface area contributed by atoms with Gasteiger partial charge in [0.05, 0.1) is 27.9 Å². The fraction of sp³-hybridized carbons (Fsp3) is 0.324. The van der Waals surface area contributed by atoms with Gasteiger partial charge >= 0.3 is 6.18 Å². The summed E-state index contributed by atoms with van der Waals surface area (Å²) >= 11 is 0. The molecular formula is C34H34F3N9O2. The number of nitrogens with two attached hydrogens (primary N) is 1. The summed E-state index contributed by atoms with van der Waals surface area (Å²) in [5, 5.41) is 5.40. The van der Waals surface area contributed by atoms with E-state index in [1.165, 1.54) is 36.8 Å². The number of carbonyl (C=O) groups excluding carboxylic acids is 2. The number of piperazine rings is 1. The van der Waals surface area contributed by atoms with Crippen LogP contribution in [0, 0.1) is 11.8 Å². The predicted octanol–water partition coefficient (Wildman–Crippen LogP) is 3.55. The molecule has 14 heteroatoms. The molecule has 0 radical (unpaired) electrons. The van der Waals surface area contributed by atoms with Crippen molar-refractivity contribution < 1.29 is 22.8 Å². The molecule has 0 atom stereocenters. The molecule has 248 valence electrons. The van der Waals surface area contributed by atoms with Crippen LogP contribution in [0.1, 0.15) is 55.6 Å². The van der Waals surface area contributed by atoms with E-state index in [0.29, 0.717) is 54.1 Å². The van der Waals surface area contributed by atoms with Gasteiger partial charge in [-0.1, -0.05) is 24.8 Å². The van der Waals surface area contributed by atoms with Crippen molar-refractivity contribution >= 4 is 23.5 Å². The van der Waals surface area contributed by atoms with Gasteiger partial charge in [-0.3, -0.25) is 19.5 Å². The fourth-order valence-corrected chi connectivity index (χ4v) is 5.98. The number of anilines is 2. The number of amides is 2. The Bertz CT molecular complexity index is 1940. The number of fused-ring (bicyclic) bond motifs is 1. The molecule has 0 unspecified atom stereocenters. The van der Waals surface area contributed by atoms with Gasteiger partial charge in [0.1, 0.15) is 5.69 Å². The maximum atomic E-state index is 14.1. The minimum absolute atomic E-state index is 0.0194. The fourth-order valence-electron chi connectivity index (χ4n) is 5.98. The van der Waals surface area contributed by atoms with Crippen molar-refractivity contribution in [2.24, 2.45) is 7.05 Å². The Balaban J connectivity index is 1.21. The molecule has 1 fully saturated rings. The van der Waals surface area contributed by atoms with E-state index in [4.69, 9.17) is 5.73 Å². The number of hydrogen-bond donors (Lipinski definition) is 3. The Morgan fingerprint density at radius 1 is 1.06 bits per heavy atom. The van der Waals surface area contributed by atoms with Crippen molar-refractivity contribution in [2.75, 3.05) is 50.3 Å². The highest BCUT2D eigenvalue weighted by atomic mass is 19.4. The molecule has 2 aliphatic heterocycles. The number of nitrogens with one attached hydrogen (secondary N) is 2. The Hall–Kier alpha value is -5.26. The third-order valence-electron chi connectivity index (χ3n) is 8.62. The van der Waals surface area contributed by atoms with Crippen molar-refractivity contribution in [2.45, 2.75) is 26.1 Å². The molecule has 0 saturated carbocycles. The molecule has 2 aliphatic rings. The van der Waals surface area contributed by atoms with Crippen LogP contribution in [0.3, 0.4) is 0 Å². The molecule has 5 heterocycles.